The number of Topliss-reactive ketones (excluding diaryl/α,β-unsaturated/α-hetero) is 1. The molecule has 0 aliphatic heterocycles. The molecule has 0 aliphatic carbocycles. The van der Waals surface area contributed by atoms with Gasteiger partial charge in [-0.3, -0.25) is 19.1 Å². The van der Waals surface area contributed by atoms with Gasteiger partial charge in [-0.05, 0) is 47.0 Å². The zero-order valence-corrected chi connectivity index (χ0v) is 12.7. The van der Waals surface area contributed by atoms with Crippen molar-refractivity contribution in [3.05, 3.63) is 66.4 Å². The molecule has 0 amide bonds. The van der Waals surface area contributed by atoms with Crippen molar-refractivity contribution < 1.29 is 4.79 Å². The van der Waals surface area contributed by atoms with Gasteiger partial charge in [0, 0.05) is 11.8 Å². The van der Waals surface area contributed by atoms with E-state index in [1.807, 2.05) is 19.9 Å². The largest absolute Gasteiger partial charge is 0.328 e. The maximum absolute atomic E-state index is 12.2. The molecular weight excluding hydrogens is 324 g/mol. The third kappa shape index (κ3) is 2.96. The standard InChI is InChI=1S/C14H13BrN2O3/c1-8-3-4-10(5-9(8)2)12(18)7-17-6-11(15)13(19)16-14(17)20/h3-6H,7H2,1-2H3,(H,16,19,20). The van der Waals surface area contributed by atoms with Crippen molar-refractivity contribution in [1.82, 2.24) is 9.55 Å². The number of aromatic amines is 1. The monoisotopic (exact) mass is 336 g/mol. The Bertz CT molecular complexity index is 790. The van der Waals surface area contributed by atoms with Gasteiger partial charge >= 0.3 is 5.69 Å². The summed E-state index contributed by atoms with van der Waals surface area (Å²) in [6.07, 6.45) is 1.32. The molecule has 0 radical (unpaired) electrons. The molecular formula is C14H13BrN2O3. The molecule has 1 N–H and O–H groups in total. The Hall–Kier alpha value is -1.95. The molecule has 1 heterocycles. The van der Waals surface area contributed by atoms with Crippen LogP contribution in [0.2, 0.25) is 0 Å². The second-order valence-corrected chi connectivity index (χ2v) is 5.44. The van der Waals surface area contributed by atoms with Gasteiger partial charge in [-0.2, -0.15) is 0 Å². The van der Waals surface area contributed by atoms with Crippen molar-refractivity contribution in [1.29, 1.82) is 0 Å². The molecule has 2 aromatic rings. The molecule has 0 fully saturated rings. The topological polar surface area (TPSA) is 71.9 Å². The Kier molecular flexibility index (Phi) is 4.04. The van der Waals surface area contributed by atoms with E-state index in [0.717, 1.165) is 11.1 Å². The van der Waals surface area contributed by atoms with E-state index >= 15 is 0 Å². The number of halogens is 1. The second-order valence-electron chi connectivity index (χ2n) is 4.59. The van der Waals surface area contributed by atoms with Crippen LogP contribution in [0.5, 0.6) is 0 Å². The summed E-state index contributed by atoms with van der Waals surface area (Å²) in [5.41, 5.74) is 1.55. The zero-order chi connectivity index (χ0) is 14.9. The molecule has 1 aromatic heterocycles. The first kappa shape index (κ1) is 14.5. The molecule has 0 saturated heterocycles. The van der Waals surface area contributed by atoms with Crippen LogP contribution < -0.4 is 11.2 Å². The van der Waals surface area contributed by atoms with E-state index in [4.69, 9.17) is 0 Å². The van der Waals surface area contributed by atoms with Crippen molar-refractivity contribution in [3.63, 3.8) is 0 Å². The lowest BCUT2D eigenvalue weighted by Gasteiger charge is -2.07. The van der Waals surface area contributed by atoms with Crippen molar-refractivity contribution in [2.24, 2.45) is 0 Å². The van der Waals surface area contributed by atoms with E-state index in [1.165, 1.54) is 10.8 Å². The number of nitrogens with one attached hydrogen (secondary N) is 1. The van der Waals surface area contributed by atoms with E-state index in [9.17, 15) is 14.4 Å². The average Bonchev–Trinajstić information content (AvgIpc) is 2.39. The summed E-state index contributed by atoms with van der Waals surface area (Å²) in [4.78, 5) is 37.1. The van der Waals surface area contributed by atoms with Gasteiger partial charge in [-0.15, -0.1) is 0 Å². The fraction of sp³-hybridized carbons (Fsp3) is 0.214. The smallest absolute Gasteiger partial charge is 0.292 e. The molecule has 0 aliphatic rings. The summed E-state index contributed by atoms with van der Waals surface area (Å²) in [7, 11) is 0. The average molecular weight is 337 g/mol. The molecule has 0 atom stereocenters. The van der Waals surface area contributed by atoms with Crippen LogP contribution in [-0.2, 0) is 6.54 Å². The molecule has 20 heavy (non-hydrogen) atoms. The van der Waals surface area contributed by atoms with E-state index < -0.39 is 11.2 Å². The number of hydrogen-bond acceptors (Lipinski definition) is 3. The van der Waals surface area contributed by atoms with Crippen LogP contribution >= 0.6 is 15.9 Å². The normalized spacial score (nSPS) is 10.6. The van der Waals surface area contributed by atoms with Crippen LogP contribution in [0.4, 0.5) is 0 Å². The summed E-state index contributed by atoms with van der Waals surface area (Å²) >= 11 is 3.03. The van der Waals surface area contributed by atoms with Crippen LogP contribution in [-0.4, -0.2) is 15.3 Å². The number of benzene rings is 1. The Labute approximate surface area is 123 Å². The number of H-pyrrole nitrogens is 1. The first-order valence-electron chi connectivity index (χ1n) is 5.98. The van der Waals surface area contributed by atoms with E-state index in [1.54, 1.807) is 12.1 Å². The predicted octanol–water partition coefficient (Wildman–Crippen LogP) is 1.80. The van der Waals surface area contributed by atoms with Crippen LogP contribution in [0.15, 0.2) is 38.5 Å². The number of carbonyl (C=O) groups is 1. The lowest BCUT2D eigenvalue weighted by molar-refractivity contribution is 0.0970. The highest BCUT2D eigenvalue weighted by Gasteiger charge is 2.10. The van der Waals surface area contributed by atoms with Crippen molar-refractivity contribution in [3.8, 4) is 0 Å². The van der Waals surface area contributed by atoms with Gasteiger partial charge in [-0.1, -0.05) is 12.1 Å². The predicted molar refractivity (Wildman–Crippen MR) is 79.3 cm³/mol. The Balaban J connectivity index is 2.32. The third-order valence-electron chi connectivity index (χ3n) is 3.11. The maximum Gasteiger partial charge on any atom is 0.328 e. The molecule has 1 aromatic carbocycles. The second kappa shape index (κ2) is 5.58. The molecule has 0 bridgehead atoms. The van der Waals surface area contributed by atoms with Gasteiger partial charge in [-0.25, -0.2) is 4.79 Å². The van der Waals surface area contributed by atoms with Gasteiger partial charge in [0.1, 0.15) is 0 Å². The van der Waals surface area contributed by atoms with Gasteiger partial charge in [0.05, 0.1) is 11.0 Å². The lowest BCUT2D eigenvalue weighted by Crippen LogP contribution is -2.31. The minimum atomic E-state index is -0.601. The van der Waals surface area contributed by atoms with Crippen molar-refractivity contribution in [2.45, 2.75) is 20.4 Å². The van der Waals surface area contributed by atoms with Crippen LogP contribution in [0.25, 0.3) is 0 Å². The van der Waals surface area contributed by atoms with Gasteiger partial charge in [0.15, 0.2) is 5.78 Å². The maximum atomic E-state index is 12.2. The number of nitrogens with zero attached hydrogens (tertiary/aromatic N) is 1. The lowest BCUT2D eigenvalue weighted by atomic mass is 10.0. The summed E-state index contributed by atoms with van der Waals surface area (Å²) in [6.45, 7) is 3.78. The highest BCUT2D eigenvalue weighted by atomic mass is 79.9. The Morgan fingerprint density at radius 2 is 1.95 bits per heavy atom. The summed E-state index contributed by atoms with van der Waals surface area (Å²) in [5, 5.41) is 0. The molecule has 2 rings (SSSR count). The van der Waals surface area contributed by atoms with E-state index in [2.05, 4.69) is 20.9 Å². The highest BCUT2D eigenvalue weighted by Crippen LogP contribution is 2.11. The summed E-state index contributed by atoms with van der Waals surface area (Å²) < 4.78 is 1.38. The van der Waals surface area contributed by atoms with Crippen LogP contribution in [0.3, 0.4) is 0 Å². The summed E-state index contributed by atoms with van der Waals surface area (Å²) in [6, 6.07) is 5.40. The van der Waals surface area contributed by atoms with Crippen molar-refractivity contribution in [2.75, 3.05) is 0 Å². The molecule has 5 nitrogen and oxygen atoms in total. The van der Waals surface area contributed by atoms with Crippen molar-refractivity contribution >= 4 is 21.7 Å². The quantitative estimate of drug-likeness (QED) is 0.868. The third-order valence-corrected chi connectivity index (χ3v) is 3.68. The Morgan fingerprint density at radius 1 is 1.25 bits per heavy atom. The summed E-state index contributed by atoms with van der Waals surface area (Å²) in [5.74, 6) is -0.186. The van der Waals surface area contributed by atoms with E-state index in [-0.39, 0.29) is 16.8 Å². The number of hydrogen-bond donors (Lipinski definition) is 1. The first-order chi connectivity index (χ1) is 9.38. The Morgan fingerprint density at radius 3 is 2.60 bits per heavy atom. The van der Waals surface area contributed by atoms with Crippen LogP contribution in [0, 0.1) is 13.8 Å². The van der Waals surface area contributed by atoms with Gasteiger partial charge in [0.2, 0.25) is 0 Å². The number of aryl methyl sites for hydroxylation is 2. The highest BCUT2D eigenvalue weighted by molar-refractivity contribution is 9.10. The number of rotatable bonds is 3. The molecule has 6 heteroatoms. The fourth-order valence-electron chi connectivity index (χ4n) is 1.76. The molecule has 0 saturated carbocycles. The zero-order valence-electron chi connectivity index (χ0n) is 11.1. The SMILES string of the molecule is Cc1ccc(C(=O)Cn2cc(Br)c(=O)[nH]c2=O)cc1C. The number of carbonyl (C=O) groups excluding carboxylic acids is 1. The number of ketones is 1. The van der Waals surface area contributed by atoms with Crippen LogP contribution in [0.1, 0.15) is 21.5 Å². The molecule has 104 valence electrons. The minimum absolute atomic E-state index is 0.114. The fourth-order valence-corrected chi connectivity index (χ4v) is 2.11. The van der Waals surface area contributed by atoms with E-state index in [0.29, 0.717) is 5.56 Å². The first-order valence-corrected chi connectivity index (χ1v) is 6.77. The van der Waals surface area contributed by atoms with Gasteiger partial charge in [0.25, 0.3) is 5.56 Å². The number of aromatic nitrogens is 2. The molecule has 0 unspecified atom stereocenters. The van der Waals surface area contributed by atoms with Gasteiger partial charge < -0.3 is 0 Å². The minimum Gasteiger partial charge on any atom is -0.292 e. The molecule has 0 spiro atoms.